The van der Waals surface area contributed by atoms with Gasteiger partial charge >= 0.3 is 0 Å². The van der Waals surface area contributed by atoms with Crippen LogP contribution in [0.4, 0.5) is 4.39 Å². The molecule has 2 N–H and O–H groups in total. The lowest BCUT2D eigenvalue weighted by Gasteiger charge is -2.27. The topological polar surface area (TPSA) is 56.8 Å². The molecule has 2 aliphatic rings. The monoisotopic (exact) mass is 432 g/mol. The van der Waals surface area contributed by atoms with Gasteiger partial charge in [0.2, 0.25) is 0 Å². The molecule has 6 nitrogen and oxygen atoms in total. The fourth-order valence-electron chi connectivity index (χ4n) is 4.10. The van der Waals surface area contributed by atoms with E-state index in [1.165, 1.54) is 23.8 Å². The molecule has 0 spiro atoms. The number of carbonyl (C=O) groups excluding carboxylic acids is 1. The van der Waals surface area contributed by atoms with Gasteiger partial charge in [-0.15, -0.1) is 0 Å². The Kier molecular flexibility index (Phi) is 6.53. The van der Waals surface area contributed by atoms with Crippen molar-refractivity contribution in [3.63, 3.8) is 0 Å². The Hall–Kier alpha value is -2.19. The van der Waals surface area contributed by atoms with Crippen molar-refractivity contribution in [2.45, 2.75) is 25.0 Å². The second-order valence-electron chi connectivity index (χ2n) is 7.68. The minimum atomic E-state index is -0.513. The van der Waals surface area contributed by atoms with Crippen molar-refractivity contribution in [2.24, 2.45) is 0 Å². The molecule has 0 radical (unpaired) electrons. The van der Waals surface area contributed by atoms with E-state index >= 15 is 0 Å². The molecule has 160 valence electrons. The van der Waals surface area contributed by atoms with Gasteiger partial charge in [0.05, 0.1) is 18.3 Å². The Morgan fingerprint density at radius 3 is 2.63 bits per heavy atom. The number of ether oxygens (including phenoxy) is 1. The van der Waals surface area contributed by atoms with E-state index in [0.717, 1.165) is 31.7 Å². The summed E-state index contributed by atoms with van der Waals surface area (Å²) in [4.78, 5) is 17.0. The predicted octanol–water partition coefficient (Wildman–Crippen LogP) is 3.20. The molecule has 2 saturated heterocycles. The molecule has 0 bridgehead atoms. The van der Waals surface area contributed by atoms with Crippen molar-refractivity contribution >= 4 is 17.5 Å². The molecule has 4 rings (SSSR count). The summed E-state index contributed by atoms with van der Waals surface area (Å²) in [5.41, 5.74) is 8.43. The second kappa shape index (κ2) is 9.31. The summed E-state index contributed by atoms with van der Waals surface area (Å²) in [7, 11) is 1.67. The zero-order valence-electron chi connectivity index (χ0n) is 16.9. The fraction of sp³-hybridized carbons (Fsp3) is 0.409. The number of amides is 1. The minimum Gasteiger partial charge on any atom is -0.497 e. The minimum absolute atomic E-state index is 0.0249. The van der Waals surface area contributed by atoms with E-state index < -0.39 is 5.82 Å². The largest absolute Gasteiger partial charge is 0.497 e. The Morgan fingerprint density at radius 1 is 1.10 bits per heavy atom. The zero-order chi connectivity index (χ0) is 21.1. The number of carbonyl (C=O) groups is 1. The summed E-state index contributed by atoms with van der Waals surface area (Å²) < 4.78 is 18.6. The molecule has 0 aliphatic carbocycles. The number of nitrogens with one attached hydrogen (secondary N) is 2. The van der Waals surface area contributed by atoms with Crippen molar-refractivity contribution in [1.82, 2.24) is 20.7 Å². The molecule has 0 aromatic heterocycles. The van der Waals surface area contributed by atoms with Gasteiger partial charge in [0, 0.05) is 37.8 Å². The standard InChI is InChI=1S/C22H26ClFN4O2/c1-30-17-6-3-15(4-7-17)20-14-21(26-25-20)27-9-2-10-28(12-11-27)22(29)16-5-8-19(24)18(23)13-16/h3-8,13,20-21,25-26H,2,9-12,14H2,1H3. The van der Waals surface area contributed by atoms with Gasteiger partial charge in [0.1, 0.15) is 11.6 Å². The lowest BCUT2D eigenvalue weighted by atomic mass is 10.0. The van der Waals surface area contributed by atoms with Gasteiger partial charge in [-0.05, 0) is 48.7 Å². The summed E-state index contributed by atoms with van der Waals surface area (Å²) >= 11 is 5.84. The van der Waals surface area contributed by atoms with Crippen LogP contribution in [0.3, 0.4) is 0 Å². The van der Waals surface area contributed by atoms with E-state index in [1.54, 1.807) is 7.11 Å². The predicted molar refractivity (Wildman–Crippen MR) is 114 cm³/mol. The van der Waals surface area contributed by atoms with E-state index in [0.29, 0.717) is 18.7 Å². The van der Waals surface area contributed by atoms with Gasteiger partial charge in [0.15, 0.2) is 0 Å². The molecule has 1 amide bonds. The number of nitrogens with zero attached hydrogens (tertiary/aromatic N) is 2. The summed E-state index contributed by atoms with van der Waals surface area (Å²) in [6.45, 7) is 2.98. The summed E-state index contributed by atoms with van der Waals surface area (Å²) in [5.74, 6) is 0.231. The van der Waals surface area contributed by atoms with Crippen LogP contribution in [0, 0.1) is 5.82 Å². The number of hydrogen-bond acceptors (Lipinski definition) is 5. The Balaban J connectivity index is 1.35. The van der Waals surface area contributed by atoms with E-state index in [1.807, 2.05) is 17.0 Å². The van der Waals surface area contributed by atoms with Crippen molar-refractivity contribution in [1.29, 1.82) is 0 Å². The van der Waals surface area contributed by atoms with E-state index in [-0.39, 0.29) is 23.1 Å². The average Bonchev–Trinajstić information content (AvgIpc) is 3.13. The SMILES string of the molecule is COc1ccc(C2CC(N3CCCN(C(=O)c4ccc(F)c(Cl)c4)CC3)NN2)cc1. The second-order valence-corrected chi connectivity index (χ2v) is 8.08. The van der Waals surface area contributed by atoms with Gasteiger partial charge < -0.3 is 9.64 Å². The van der Waals surface area contributed by atoms with E-state index in [2.05, 4.69) is 27.9 Å². The third-order valence-electron chi connectivity index (χ3n) is 5.83. The number of rotatable bonds is 4. The molecule has 8 heteroatoms. The van der Waals surface area contributed by atoms with Crippen LogP contribution in [0.25, 0.3) is 0 Å². The number of hydrazine groups is 1. The third kappa shape index (κ3) is 4.59. The normalized spacial score (nSPS) is 22.7. The smallest absolute Gasteiger partial charge is 0.253 e. The first-order chi connectivity index (χ1) is 14.5. The maximum absolute atomic E-state index is 13.4. The van der Waals surface area contributed by atoms with Crippen LogP contribution in [-0.4, -0.2) is 55.2 Å². The summed E-state index contributed by atoms with van der Waals surface area (Å²) in [6, 6.07) is 12.5. The number of benzene rings is 2. The number of halogens is 2. The Morgan fingerprint density at radius 2 is 1.90 bits per heavy atom. The van der Waals surface area contributed by atoms with Crippen LogP contribution in [-0.2, 0) is 0 Å². The maximum atomic E-state index is 13.4. The highest BCUT2D eigenvalue weighted by molar-refractivity contribution is 6.31. The molecule has 2 fully saturated rings. The van der Waals surface area contributed by atoms with Crippen molar-refractivity contribution < 1.29 is 13.9 Å². The Bertz CT molecular complexity index is 895. The number of hydrogen-bond donors (Lipinski definition) is 2. The van der Waals surface area contributed by atoms with Gasteiger partial charge in [-0.1, -0.05) is 23.7 Å². The lowest BCUT2D eigenvalue weighted by Crippen LogP contribution is -2.46. The molecule has 30 heavy (non-hydrogen) atoms. The first kappa shape index (κ1) is 21.1. The van der Waals surface area contributed by atoms with Gasteiger partial charge in [-0.3, -0.25) is 9.69 Å². The summed E-state index contributed by atoms with van der Waals surface area (Å²) in [6.07, 6.45) is 2.02. The molecular weight excluding hydrogens is 407 g/mol. The molecule has 2 unspecified atom stereocenters. The van der Waals surface area contributed by atoms with Gasteiger partial charge in [-0.25, -0.2) is 15.2 Å². The molecule has 2 aliphatic heterocycles. The van der Waals surface area contributed by atoms with Crippen LogP contribution in [0.15, 0.2) is 42.5 Å². The Labute approximate surface area is 180 Å². The highest BCUT2D eigenvalue weighted by atomic mass is 35.5. The quantitative estimate of drug-likeness (QED) is 0.777. The van der Waals surface area contributed by atoms with Crippen molar-refractivity contribution in [2.75, 3.05) is 33.3 Å². The molecule has 2 aromatic carbocycles. The maximum Gasteiger partial charge on any atom is 0.253 e. The summed E-state index contributed by atoms with van der Waals surface area (Å²) in [5, 5.41) is -0.0249. The first-order valence-electron chi connectivity index (χ1n) is 10.2. The number of methoxy groups -OCH3 is 1. The van der Waals surface area contributed by atoms with Crippen LogP contribution in [0.2, 0.25) is 5.02 Å². The highest BCUT2D eigenvalue weighted by Crippen LogP contribution is 2.26. The molecule has 0 saturated carbocycles. The molecule has 2 heterocycles. The van der Waals surface area contributed by atoms with Gasteiger partial charge in [0.25, 0.3) is 5.91 Å². The van der Waals surface area contributed by atoms with Crippen molar-refractivity contribution in [3.8, 4) is 5.75 Å². The lowest BCUT2D eigenvalue weighted by molar-refractivity contribution is 0.0756. The molecule has 2 atom stereocenters. The van der Waals surface area contributed by atoms with E-state index in [9.17, 15) is 9.18 Å². The van der Waals surface area contributed by atoms with Crippen LogP contribution in [0.5, 0.6) is 5.75 Å². The fourth-order valence-corrected chi connectivity index (χ4v) is 4.28. The zero-order valence-corrected chi connectivity index (χ0v) is 17.7. The molecular formula is C22H26ClFN4O2. The van der Waals surface area contributed by atoms with Crippen LogP contribution < -0.4 is 15.6 Å². The highest BCUT2D eigenvalue weighted by Gasteiger charge is 2.31. The van der Waals surface area contributed by atoms with Crippen molar-refractivity contribution in [3.05, 3.63) is 64.4 Å². The third-order valence-corrected chi connectivity index (χ3v) is 6.12. The van der Waals surface area contributed by atoms with Crippen LogP contribution >= 0.6 is 11.6 Å². The van der Waals surface area contributed by atoms with E-state index in [4.69, 9.17) is 16.3 Å². The van der Waals surface area contributed by atoms with Gasteiger partial charge in [-0.2, -0.15) is 0 Å². The van der Waals surface area contributed by atoms with Crippen LogP contribution in [0.1, 0.15) is 34.8 Å². The first-order valence-corrected chi connectivity index (χ1v) is 10.6. The average molecular weight is 433 g/mol. The molecule has 2 aromatic rings.